The lowest BCUT2D eigenvalue weighted by Gasteiger charge is -2.23. The molecule has 0 spiro atoms. The van der Waals surface area contributed by atoms with Crippen LogP contribution in [0.4, 0.5) is 0 Å². The number of carbonyl (C=O) groups excluding carboxylic acids is 2. The second-order valence-corrected chi connectivity index (χ2v) is 7.39. The second-order valence-electron chi connectivity index (χ2n) is 6.15. The Balaban J connectivity index is 1.69. The maximum Gasteiger partial charge on any atom is 0.257 e. The number of carbonyl (C=O) groups is 2. The zero-order chi connectivity index (χ0) is 18.5. The van der Waals surface area contributed by atoms with Gasteiger partial charge in [-0.15, -0.1) is 0 Å². The molecule has 3 rings (SSSR count). The molecule has 1 saturated heterocycles. The van der Waals surface area contributed by atoms with Gasteiger partial charge in [0.15, 0.2) is 0 Å². The molecule has 2 aromatic rings. The average Bonchev–Trinajstić information content (AvgIpc) is 2.93. The molecule has 1 fully saturated rings. The van der Waals surface area contributed by atoms with Gasteiger partial charge in [-0.2, -0.15) is 0 Å². The summed E-state index contributed by atoms with van der Waals surface area (Å²) < 4.78 is 6.40. The minimum atomic E-state index is -0.0500. The highest BCUT2D eigenvalue weighted by molar-refractivity contribution is 14.1. The lowest BCUT2D eigenvalue weighted by Crippen LogP contribution is -2.37. The fourth-order valence-electron chi connectivity index (χ4n) is 3.09. The first-order chi connectivity index (χ1) is 12.6. The van der Waals surface area contributed by atoms with Crippen LogP contribution < -0.4 is 4.74 Å². The van der Waals surface area contributed by atoms with Gasteiger partial charge in [-0.25, -0.2) is 0 Å². The van der Waals surface area contributed by atoms with Crippen molar-refractivity contribution in [1.29, 1.82) is 0 Å². The Morgan fingerprint density at radius 1 is 0.885 bits per heavy atom. The molecule has 2 amide bonds. The van der Waals surface area contributed by atoms with Crippen LogP contribution in [0.15, 0.2) is 48.5 Å². The molecule has 26 heavy (non-hydrogen) atoms. The molecule has 136 valence electrons. The number of para-hydroxylation sites is 1. The van der Waals surface area contributed by atoms with Crippen molar-refractivity contribution in [3.63, 3.8) is 0 Å². The summed E-state index contributed by atoms with van der Waals surface area (Å²) >= 11 is 2.22. The van der Waals surface area contributed by atoms with Crippen LogP contribution in [-0.4, -0.2) is 54.9 Å². The van der Waals surface area contributed by atoms with E-state index in [1.807, 2.05) is 41.3 Å². The van der Waals surface area contributed by atoms with Crippen molar-refractivity contribution in [1.82, 2.24) is 9.80 Å². The van der Waals surface area contributed by atoms with E-state index in [1.165, 1.54) is 0 Å². The van der Waals surface area contributed by atoms with Crippen LogP contribution in [0.3, 0.4) is 0 Å². The fraction of sp³-hybridized carbons (Fsp3) is 0.300. The third-order valence-electron chi connectivity index (χ3n) is 4.50. The third-order valence-corrected chi connectivity index (χ3v) is 5.22. The van der Waals surface area contributed by atoms with Gasteiger partial charge in [0.25, 0.3) is 11.8 Å². The maximum absolute atomic E-state index is 12.9. The maximum atomic E-state index is 12.9. The molecule has 0 radical (unpaired) electrons. The Kier molecular flexibility index (Phi) is 6.13. The van der Waals surface area contributed by atoms with Crippen LogP contribution in [-0.2, 0) is 0 Å². The van der Waals surface area contributed by atoms with Crippen LogP contribution in [0.1, 0.15) is 27.1 Å². The van der Waals surface area contributed by atoms with Crippen molar-refractivity contribution in [2.24, 2.45) is 0 Å². The summed E-state index contributed by atoms with van der Waals surface area (Å²) in [5.74, 6) is 0.549. The molecular weight excluding hydrogens is 443 g/mol. The highest BCUT2D eigenvalue weighted by Gasteiger charge is 2.24. The number of nitrogens with zero attached hydrogens (tertiary/aromatic N) is 2. The van der Waals surface area contributed by atoms with Crippen LogP contribution in [0.2, 0.25) is 0 Å². The molecule has 0 bridgehead atoms. The molecule has 2 aromatic carbocycles. The second kappa shape index (κ2) is 8.53. The fourth-order valence-corrected chi connectivity index (χ4v) is 3.45. The van der Waals surface area contributed by atoms with Gasteiger partial charge in [0.05, 0.1) is 12.7 Å². The molecule has 0 aliphatic carbocycles. The Labute approximate surface area is 167 Å². The van der Waals surface area contributed by atoms with Crippen molar-refractivity contribution in [3.05, 3.63) is 63.2 Å². The number of ether oxygens (including phenoxy) is 1. The van der Waals surface area contributed by atoms with Crippen molar-refractivity contribution < 1.29 is 14.3 Å². The Bertz CT molecular complexity index is 792. The van der Waals surface area contributed by atoms with E-state index in [0.717, 1.165) is 9.99 Å². The standard InChI is InChI=1S/C20H21IN2O3/c1-26-18-6-3-2-5-17(18)20(25)23-12-4-11-22(13-14-23)19(24)15-7-9-16(21)10-8-15/h2-3,5-10H,4,11-14H2,1H3. The van der Waals surface area contributed by atoms with E-state index in [9.17, 15) is 9.59 Å². The molecule has 0 saturated carbocycles. The average molecular weight is 464 g/mol. The molecule has 0 N–H and O–H groups in total. The summed E-state index contributed by atoms with van der Waals surface area (Å²) in [5, 5.41) is 0. The first-order valence-corrected chi connectivity index (χ1v) is 9.65. The SMILES string of the molecule is COc1ccccc1C(=O)N1CCCN(C(=O)c2ccc(I)cc2)CC1. The van der Waals surface area contributed by atoms with Crippen molar-refractivity contribution in [2.45, 2.75) is 6.42 Å². The summed E-state index contributed by atoms with van der Waals surface area (Å²) in [6.45, 7) is 2.34. The topological polar surface area (TPSA) is 49.9 Å². The number of benzene rings is 2. The van der Waals surface area contributed by atoms with Crippen molar-refractivity contribution in [3.8, 4) is 5.75 Å². The Morgan fingerprint density at radius 3 is 2.15 bits per heavy atom. The van der Waals surface area contributed by atoms with Gasteiger partial charge in [-0.05, 0) is 65.4 Å². The lowest BCUT2D eigenvalue weighted by atomic mass is 10.1. The quantitative estimate of drug-likeness (QED) is 0.656. The summed E-state index contributed by atoms with van der Waals surface area (Å²) in [4.78, 5) is 29.2. The predicted octanol–water partition coefficient (Wildman–Crippen LogP) is 3.29. The van der Waals surface area contributed by atoms with E-state index in [2.05, 4.69) is 22.6 Å². The van der Waals surface area contributed by atoms with Gasteiger partial charge in [0.1, 0.15) is 5.75 Å². The number of hydrogen-bond donors (Lipinski definition) is 0. The first kappa shape index (κ1) is 18.7. The zero-order valence-electron chi connectivity index (χ0n) is 14.7. The zero-order valence-corrected chi connectivity index (χ0v) is 16.8. The van der Waals surface area contributed by atoms with E-state index < -0.39 is 0 Å². The first-order valence-electron chi connectivity index (χ1n) is 8.57. The molecule has 1 aliphatic rings. The van der Waals surface area contributed by atoms with Crippen LogP contribution in [0, 0.1) is 3.57 Å². The lowest BCUT2D eigenvalue weighted by molar-refractivity contribution is 0.0717. The van der Waals surface area contributed by atoms with Gasteiger partial charge in [0, 0.05) is 35.3 Å². The monoisotopic (exact) mass is 464 g/mol. The minimum absolute atomic E-state index is 0.0213. The number of rotatable bonds is 3. The smallest absolute Gasteiger partial charge is 0.257 e. The number of hydrogen-bond acceptors (Lipinski definition) is 3. The summed E-state index contributed by atoms with van der Waals surface area (Å²) in [5.41, 5.74) is 1.25. The van der Waals surface area contributed by atoms with Crippen molar-refractivity contribution >= 4 is 34.4 Å². The van der Waals surface area contributed by atoms with E-state index in [1.54, 1.807) is 24.1 Å². The Hall–Kier alpha value is -2.09. The van der Waals surface area contributed by atoms with Crippen LogP contribution >= 0.6 is 22.6 Å². The van der Waals surface area contributed by atoms with E-state index >= 15 is 0 Å². The van der Waals surface area contributed by atoms with E-state index in [-0.39, 0.29) is 11.8 Å². The van der Waals surface area contributed by atoms with Crippen LogP contribution in [0.25, 0.3) is 0 Å². The largest absolute Gasteiger partial charge is 0.496 e. The molecule has 5 nitrogen and oxygen atoms in total. The molecule has 0 unspecified atom stereocenters. The van der Waals surface area contributed by atoms with Gasteiger partial charge in [0.2, 0.25) is 0 Å². The normalized spacial score (nSPS) is 14.7. The van der Waals surface area contributed by atoms with E-state index in [4.69, 9.17) is 4.74 Å². The molecule has 1 aliphatic heterocycles. The highest BCUT2D eigenvalue weighted by Crippen LogP contribution is 2.20. The van der Waals surface area contributed by atoms with Crippen LogP contribution in [0.5, 0.6) is 5.75 Å². The van der Waals surface area contributed by atoms with Gasteiger partial charge in [-0.1, -0.05) is 12.1 Å². The highest BCUT2D eigenvalue weighted by atomic mass is 127. The summed E-state index contributed by atoms with van der Waals surface area (Å²) in [6.07, 6.45) is 0.761. The molecule has 0 aromatic heterocycles. The number of methoxy groups -OCH3 is 1. The van der Waals surface area contributed by atoms with Gasteiger partial charge < -0.3 is 14.5 Å². The summed E-state index contributed by atoms with van der Waals surface area (Å²) in [7, 11) is 1.57. The molecule has 0 atom stereocenters. The Morgan fingerprint density at radius 2 is 1.50 bits per heavy atom. The van der Waals surface area contributed by atoms with Gasteiger partial charge in [-0.3, -0.25) is 9.59 Å². The van der Waals surface area contributed by atoms with Gasteiger partial charge >= 0.3 is 0 Å². The molecule has 6 heteroatoms. The summed E-state index contributed by atoms with van der Waals surface area (Å²) in [6, 6.07) is 14.8. The minimum Gasteiger partial charge on any atom is -0.496 e. The number of amides is 2. The van der Waals surface area contributed by atoms with E-state index in [0.29, 0.717) is 43.1 Å². The molecular formula is C20H21IN2O3. The predicted molar refractivity (Wildman–Crippen MR) is 109 cm³/mol. The third kappa shape index (κ3) is 4.17. The van der Waals surface area contributed by atoms with Crippen molar-refractivity contribution in [2.75, 3.05) is 33.3 Å². The number of halogens is 1. The molecule has 1 heterocycles.